The standard InChI is InChI=1S/C10H19NO5S/c1-10(2,3)16-9(12)11-7-5-4-6-8(7)17(13,14)15/h7-8H,4-6H2,1-3H3,(H,11,12)(H,13,14,15)/t7-,8+/m1/s1. The van der Waals surface area contributed by atoms with Crippen molar-refractivity contribution in [2.24, 2.45) is 0 Å². The summed E-state index contributed by atoms with van der Waals surface area (Å²) >= 11 is 0. The van der Waals surface area contributed by atoms with Crippen molar-refractivity contribution < 1.29 is 22.5 Å². The van der Waals surface area contributed by atoms with Gasteiger partial charge in [-0.1, -0.05) is 0 Å². The number of alkyl carbamates (subject to hydrolysis) is 1. The van der Waals surface area contributed by atoms with Crippen molar-refractivity contribution in [2.45, 2.75) is 56.9 Å². The molecule has 0 spiro atoms. The van der Waals surface area contributed by atoms with E-state index in [0.717, 1.165) is 0 Å². The first-order valence-corrected chi connectivity index (χ1v) is 7.06. The average Bonchev–Trinajstić information content (AvgIpc) is 2.46. The first-order valence-electron chi connectivity index (χ1n) is 5.55. The lowest BCUT2D eigenvalue weighted by atomic mass is 10.2. The fourth-order valence-corrected chi connectivity index (χ4v) is 2.99. The van der Waals surface area contributed by atoms with Gasteiger partial charge >= 0.3 is 6.09 Å². The molecule has 1 rings (SSSR count). The molecule has 2 N–H and O–H groups in total. The third-order valence-corrected chi connectivity index (χ3v) is 3.87. The van der Waals surface area contributed by atoms with Crippen LogP contribution < -0.4 is 5.32 Å². The van der Waals surface area contributed by atoms with Crippen LogP contribution in [0.3, 0.4) is 0 Å². The highest BCUT2D eigenvalue weighted by atomic mass is 32.2. The fourth-order valence-electron chi connectivity index (χ4n) is 1.91. The topological polar surface area (TPSA) is 92.7 Å². The molecular weight excluding hydrogens is 246 g/mol. The fraction of sp³-hybridized carbons (Fsp3) is 0.900. The Morgan fingerprint density at radius 1 is 1.35 bits per heavy atom. The van der Waals surface area contributed by atoms with Crippen LogP contribution in [0.15, 0.2) is 0 Å². The van der Waals surface area contributed by atoms with Crippen LogP contribution in [0.2, 0.25) is 0 Å². The Balaban J connectivity index is 2.60. The van der Waals surface area contributed by atoms with E-state index in [2.05, 4.69) is 5.32 Å². The van der Waals surface area contributed by atoms with Crippen LogP contribution in [0.1, 0.15) is 40.0 Å². The van der Waals surface area contributed by atoms with E-state index in [4.69, 9.17) is 9.29 Å². The Kier molecular flexibility index (Phi) is 4.03. The van der Waals surface area contributed by atoms with Crippen molar-refractivity contribution in [2.75, 3.05) is 0 Å². The second-order valence-corrected chi connectivity index (χ2v) is 6.87. The number of carbonyl (C=O) groups excluding carboxylic acids is 1. The molecule has 0 saturated heterocycles. The van der Waals surface area contributed by atoms with Gasteiger partial charge in [-0.25, -0.2) is 4.79 Å². The first kappa shape index (κ1) is 14.2. The predicted octanol–water partition coefficient (Wildman–Crippen LogP) is 1.32. The van der Waals surface area contributed by atoms with Gasteiger partial charge in [0.1, 0.15) is 10.9 Å². The molecule has 1 amide bonds. The Morgan fingerprint density at radius 3 is 2.41 bits per heavy atom. The number of nitrogens with one attached hydrogen (secondary N) is 1. The summed E-state index contributed by atoms with van der Waals surface area (Å²) in [4.78, 5) is 11.5. The number of rotatable bonds is 2. The lowest BCUT2D eigenvalue weighted by molar-refractivity contribution is 0.0506. The monoisotopic (exact) mass is 265 g/mol. The largest absolute Gasteiger partial charge is 0.444 e. The Labute approximate surface area is 101 Å². The van der Waals surface area contributed by atoms with Crippen molar-refractivity contribution >= 4 is 16.2 Å². The SMILES string of the molecule is CC(C)(C)OC(=O)N[C@@H]1CCC[C@@H]1S(=O)(=O)O. The average molecular weight is 265 g/mol. The summed E-state index contributed by atoms with van der Waals surface area (Å²) in [6.07, 6.45) is 0.895. The van der Waals surface area contributed by atoms with E-state index in [-0.39, 0.29) is 0 Å². The van der Waals surface area contributed by atoms with Gasteiger partial charge in [0.25, 0.3) is 10.1 Å². The number of carbonyl (C=O) groups is 1. The molecule has 6 nitrogen and oxygen atoms in total. The lowest BCUT2D eigenvalue weighted by Crippen LogP contribution is -2.45. The number of hydrogen-bond donors (Lipinski definition) is 2. The molecule has 1 aliphatic carbocycles. The molecule has 7 heteroatoms. The quantitative estimate of drug-likeness (QED) is 0.734. The molecule has 100 valence electrons. The zero-order valence-electron chi connectivity index (χ0n) is 10.3. The van der Waals surface area contributed by atoms with Crippen LogP contribution >= 0.6 is 0 Å². The van der Waals surface area contributed by atoms with Gasteiger partial charge in [-0.15, -0.1) is 0 Å². The van der Waals surface area contributed by atoms with E-state index < -0.39 is 33.1 Å². The van der Waals surface area contributed by atoms with E-state index in [1.165, 1.54) is 0 Å². The molecule has 0 unspecified atom stereocenters. The van der Waals surface area contributed by atoms with E-state index in [9.17, 15) is 13.2 Å². The van der Waals surface area contributed by atoms with E-state index in [1.807, 2.05) is 0 Å². The molecule has 17 heavy (non-hydrogen) atoms. The molecule has 0 aromatic rings. The van der Waals surface area contributed by atoms with Gasteiger partial charge in [0, 0.05) is 0 Å². The lowest BCUT2D eigenvalue weighted by Gasteiger charge is -2.23. The Morgan fingerprint density at radius 2 is 1.94 bits per heavy atom. The highest BCUT2D eigenvalue weighted by molar-refractivity contribution is 7.86. The van der Waals surface area contributed by atoms with Crippen LogP contribution in [0.4, 0.5) is 4.79 Å². The van der Waals surface area contributed by atoms with Crippen molar-refractivity contribution in [3.05, 3.63) is 0 Å². The number of amides is 1. The summed E-state index contributed by atoms with van der Waals surface area (Å²) < 4.78 is 36.2. The number of hydrogen-bond acceptors (Lipinski definition) is 4. The molecular formula is C10H19NO5S. The van der Waals surface area contributed by atoms with Crippen LogP contribution in [0.25, 0.3) is 0 Å². The van der Waals surface area contributed by atoms with Gasteiger partial charge in [0.05, 0.1) is 6.04 Å². The molecule has 1 aliphatic rings. The third kappa shape index (κ3) is 4.51. The van der Waals surface area contributed by atoms with Crippen molar-refractivity contribution in [1.82, 2.24) is 5.32 Å². The Bertz CT molecular complexity index is 384. The summed E-state index contributed by atoms with van der Waals surface area (Å²) in [5, 5.41) is 1.57. The van der Waals surface area contributed by atoms with Crippen LogP contribution in [0.5, 0.6) is 0 Å². The molecule has 0 aliphatic heterocycles. The molecule has 2 atom stereocenters. The zero-order chi connectivity index (χ0) is 13.3. The van der Waals surface area contributed by atoms with Gasteiger partial charge in [-0.3, -0.25) is 4.55 Å². The van der Waals surface area contributed by atoms with E-state index in [0.29, 0.717) is 19.3 Å². The maximum Gasteiger partial charge on any atom is 0.407 e. The normalized spacial score (nSPS) is 25.6. The summed E-state index contributed by atoms with van der Waals surface area (Å²) in [7, 11) is -4.11. The highest BCUT2D eigenvalue weighted by Crippen LogP contribution is 2.25. The summed E-state index contributed by atoms with van der Waals surface area (Å²) in [6.45, 7) is 5.17. The van der Waals surface area contributed by atoms with Gasteiger partial charge in [-0.05, 0) is 40.0 Å². The van der Waals surface area contributed by atoms with Gasteiger partial charge in [0.15, 0.2) is 0 Å². The molecule has 0 heterocycles. The maximum absolute atomic E-state index is 11.5. The van der Waals surface area contributed by atoms with Crippen LogP contribution in [0, 0.1) is 0 Å². The summed E-state index contributed by atoms with van der Waals surface area (Å²) in [5.41, 5.74) is -0.629. The minimum absolute atomic E-state index is 0.360. The third-order valence-electron chi connectivity index (χ3n) is 2.54. The van der Waals surface area contributed by atoms with Crippen molar-refractivity contribution in [1.29, 1.82) is 0 Å². The minimum atomic E-state index is -4.11. The second kappa shape index (κ2) is 4.81. The molecule has 0 bridgehead atoms. The highest BCUT2D eigenvalue weighted by Gasteiger charge is 2.38. The van der Waals surface area contributed by atoms with Gasteiger partial charge in [0.2, 0.25) is 0 Å². The molecule has 0 aromatic carbocycles. The van der Waals surface area contributed by atoms with Gasteiger partial charge in [-0.2, -0.15) is 8.42 Å². The van der Waals surface area contributed by atoms with Crippen molar-refractivity contribution in [3.63, 3.8) is 0 Å². The first-order chi connectivity index (χ1) is 7.59. The van der Waals surface area contributed by atoms with Crippen molar-refractivity contribution in [3.8, 4) is 0 Å². The molecule has 0 radical (unpaired) electrons. The minimum Gasteiger partial charge on any atom is -0.444 e. The maximum atomic E-state index is 11.5. The second-order valence-electron chi connectivity index (χ2n) is 5.24. The van der Waals surface area contributed by atoms with Crippen LogP contribution in [-0.2, 0) is 14.9 Å². The Hall–Kier alpha value is -0.820. The summed E-state index contributed by atoms with van der Waals surface area (Å²) in [5.74, 6) is 0. The predicted molar refractivity (Wildman–Crippen MR) is 62.3 cm³/mol. The van der Waals surface area contributed by atoms with E-state index in [1.54, 1.807) is 20.8 Å². The smallest absolute Gasteiger partial charge is 0.407 e. The summed E-state index contributed by atoms with van der Waals surface area (Å²) in [6, 6.07) is -0.570. The van der Waals surface area contributed by atoms with Crippen LogP contribution in [-0.4, -0.2) is 36.0 Å². The molecule has 0 aromatic heterocycles. The molecule has 1 saturated carbocycles. The van der Waals surface area contributed by atoms with E-state index >= 15 is 0 Å². The zero-order valence-corrected chi connectivity index (χ0v) is 11.1. The molecule has 1 fully saturated rings. The van der Waals surface area contributed by atoms with Gasteiger partial charge < -0.3 is 10.1 Å². The number of ether oxygens (including phenoxy) is 1.